The van der Waals surface area contributed by atoms with Crippen LogP contribution in [0.4, 0.5) is 22.7 Å². The molecule has 0 aliphatic carbocycles. The lowest BCUT2D eigenvalue weighted by atomic mass is 9.95. The zero-order valence-corrected chi connectivity index (χ0v) is 13.7. The molecule has 0 saturated heterocycles. The van der Waals surface area contributed by atoms with Gasteiger partial charge in [-0.05, 0) is 41.8 Å². The van der Waals surface area contributed by atoms with E-state index < -0.39 is 0 Å². The van der Waals surface area contributed by atoms with Crippen molar-refractivity contribution >= 4 is 22.7 Å². The predicted octanol–water partition coefficient (Wildman–Crippen LogP) is 5.51. The first kappa shape index (κ1) is 13.9. The molecular weight excluding hydrogens is 280 g/mol. The second kappa shape index (κ2) is 5.17. The lowest BCUT2D eigenvalue weighted by molar-refractivity contribution is 1.08. The van der Waals surface area contributed by atoms with Crippen molar-refractivity contribution in [3.8, 4) is 11.1 Å². The summed E-state index contributed by atoms with van der Waals surface area (Å²) in [5.41, 5.74) is 8.91. The van der Waals surface area contributed by atoms with E-state index in [0.717, 1.165) is 0 Å². The Morgan fingerprint density at radius 3 is 1.91 bits per heavy atom. The van der Waals surface area contributed by atoms with Crippen molar-refractivity contribution < 1.29 is 0 Å². The minimum atomic E-state index is 1.24. The second-order valence-corrected chi connectivity index (χ2v) is 6.08. The van der Waals surface area contributed by atoms with E-state index in [1.165, 1.54) is 39.4 Å². The molecule has 3 aromatic carbocycles. The maximum absolute atomic E-state index is 2.31. The molecule has 2 heteroatoms. The first-order valence-corrected chi connectivity index (χ1v) is 7.94. The van der Waals surface area contributed by atoms with Gasteiger partial charge in [-0.15, -0.1) is 0 Å². The molecule has 3 aromatic rings. The van der Waals surface area contributed by atoms with E-state index in [4.69, 9.17) is 0 Å². The Kier molecular flexibility index (Phi) is 3.12. The molecule has 0 saturated carbocycles. The molecule has 0 radical (unpaired) electrons. The number of fused-ring (bicyclic) bond motifs is 2. The van der Waals surface area contributed by atoms with Crippen LogP contribution in [0.3, 0.4) is 0 Å². The molecule has 23 heavy (non-hydrogen) atoms. The van der Waals surface area contributed by atoms with Crippen LogP contribution in [0.1, 0.15) is 5.56 Å². The van der Waals surface area contributed by atoms with Gasteiger partial charge in [0.2, 0.25) is 0 Å². The van der Waals surface area contributed by atoms with Gasteiger partial charge in [-0.2, -0.15) is 0 Å². The van der Waals surface area contributed by atoms with Crippen LogP contribution in [0.2, 0.25) is 0 Å². The largest absolute Gasteiger partial charge is 0.341 e. The Hall–Kier alpha value is -2.74. The van der Waals surface area contributed by atoms with Crippen LogP contribution in [0.25, 0.3) is 11.1 Å². The number of hydrogen-bond donors (Lipinski definition) is 0. The van der Waals surface area contributed by atoms with Crippen LogP contribution >= 0.6 is 0 Å². The molecule has 0 aromatic heterocycles. The normalized spacial score (nSPS) is 12.8. The first-order chi connectivity index (χ1) is 11.2. The van der Waals surface area contributed by atoms with Gasteiger partial charge in [0.1, 0.15) is 0 Å². The van der Waals surface area contributed by atoms with E-state index in [9.17, 15) is 0 Å². The summed E-state index contributed by atoms with van der Waals surface area (Å²) in [4.78, 5) is 4.60. The summed E-state index contributed by atoms with van der Waals surface area (Å²) in [5.74, 6) is 0. The number of nitrogens with zero attached hydrogens (tertiary/aromatic N) is 2. The third-order valence-electron chi connectivity index (χ3n) is 4.80. The molecule has 0 N–H and O–H groups in total. The van der Waals surface area contributed by atoms with E-state index in [1.807, 2.05) is 0 Å². The number of anilines is 4. The smallest absolute Gasteiger partial charge is 0.0685 e. The number of para-hydroxylation sites is 2. The lowest BCUT2D eigenvalue weighted by Crippen LogP contribution is -2.25. The van der Waals surface area contributed by atoms with E-state index in [2.05, 4.69) is 97.5 Å². The Bertz CT molecular complexity index is 868. The zero-order valence-electron chi connectivity index (χ0n) is 13.7. The molecule has 0 bridgehead atoms. The molecule has 0 unspecified atom stereocenters. The number of benzene rings is 3. The van der Waals surface area contributed by atoms with Crippen molar-refractivity contribution in [3.63, 3.8) is 0 Å². The summed E-state index contributed by atoms with van der Waals surface area (Å²) in [7, 11) is 4.30. The van der Waals surface area contributed by atoms with E-state index in [0.29, 0.717) is 0 Å². The van der Waals surface area contributed by atoms with Gasteiger partial charge in [-0.1, -0.05) is 48.5 Å². The van der Waals surface area contributed by atoms with Gasteiger partial charge in [0, 0.05) is 14.1 Å². The van der Waals surface area contributed by atoms with Gasteiger partial charge in [0.25, 0.3) is 0 Å². The van der Waals surface area contributed by atoms with Crippen LogP contribution in [0.15, 0.2) is 66.7 Å². The molecule has 2 nitrogen and oxygen atoms in total. The fourth-order valence-corrected chi connectivity index (χ4v) is 3.59. The average Bonchev–Trinajstić information content (AvgIpc) is 2.60. The molecule has 1 heterocycles. The van der Waals surface area contributed by atoms with Gasteiger partial charge < -0.3 is 9.80 Å². The lowest BCUT2D eigenvalue weighted by Gasteiger charge is -2.38. The average molecular weight is 300 g/mol. The number of rotatable bonds is 1. The third-order valence-corrected chi connectivity index (χ3v) is 4.80. The molecule has 1 aliphatic rings. The highest BCUT2D eigenvalue weighted by Crippen LogP contribution is 2.49. The summed E-state index contributed by atoms with van der Waals surface area (Å²) in [6.45, 7) is 2.22. The van der Waals surface area contributed by atoms with Crippen molar-refractivity contribution in [2.75, 3.05) is 23.9 Å². The molecule has 0 fully saturated rings. The summed E-state index contributed by atoms with van der Waals surface area (Å²) in [6, 6.07) is 23.6. The van der Waals surface area contributed by atoms with Crippen molar-refractivity contribution in [3.05, 3.63) is 72.3 Å². The van der Waals surface area contributed by atoms with Crippen molar-refractivity contribution in [2.45, 2.75) is 6.92 Å². The second-order valence-electron chi connectivity index (χ2n) is 6.08. The molecule has 0 spiro atoms. The van der Waals surface area contributed by atoms with E-state index in [-0.39, 0.29) is 0 Å². The standard InChI is InChI=1S/C21H20N2/c1-15-17(16-9-5-4-6-10-16)13-14-20-21(15)23(3)19-12-8-7-11-18(19)22(20)2/h4-14H,1-3H3. The van der Waals surface area contributed by atoms with Crippen molar-refractivity contribution in [2.24, 2.45) is 0 Å². The summed E-state index contributed by atoms with van der Waals surface area (Å²) in [5, 5.41) is 0. The highest BCUT2D eigenvalue weighted by Gasteiger charge is 2.26. The van der Waals surface area contributed by atoms with Crippen LogP contribution in [0.5, 0.6) is 0 Å². The van der Waals surface area contributed by atoms with Gasteiger partial charge in [0.15, 0.2) is 0 Å². The van der Waals surface area contributed by atoms with Crippen LogP contribution in [-0.2, 0) is 0 Å². The minimum absolute atomic E-state index is 1.24. The maximum Gasteiger partial charge on any atom is 0.0685 e. The molecular formula is C21H20N2. The van der Waals surface area contributed by atoms with Crippen molar-refractivity contribution in [1.82, 2.24) is 0 Å². The van der Waals surface area contributed by atoms with Crippen LogP contribution in [-0.4, -0.2) is 14.1 Å². The highest BCUT2D eigenvalue weighted by atomic mass is 15.2. The zero-order chi connectivity index (χ0) is 16.0. The monoisotopic (exact) mass is 300 g/mol. The minimum Gasteiger partial charge on any atom is -0.341 e. The Labute approximate surface area is 137 Å². The van der Waals surface area contributed by atoms with Gasteiger partial charge >= 0.3 is 0 Å². The Morgan fingerprint density at radius 1 is 0.609 bits per heavy atom. The Balaban J connectivity index is 1.94. The Morgan fingerprint density at radius 2 is 1.22 bits per heavy atom. The van der Waals surface area contributed by atoms with Crippen molar-refractivity contribution in [1.29, 1.82) is 0 Å². The molecule has 1 aliphatic heterocycles. The SMILES string of the molecule is Cc1c(-c2ccccc2)ccc2c1N(C)c1ccccc1N2C. The summed E-state index contributed by atoms with van der Waals surface area (Å²) in [6.07, 6.45) is 0. The fraction of sp³-hybridized carbons (Fsp3) is 0.143. The highest BCUT2D eigenvalue weighted by molar-refractivity contribution is 5.96. The van der Waals surface area contributed by atoms with Crippen LogP contribution in [0, 0.1) is 6.92 Å². The molecule has 114 valence electrons. The molecule has 0 amide bonds. The van der Waals surface area contributed by atoms with E-state index >= 15 is 0 Å². The molecule has 0 atom stereocenters. The summed E-state index contributed by atoms with van der Waals surface area (Å²) < 4.78 is 0. The predicted molar refractivity (Wildman–Crippen MR) is 99.2 cm³/mol. The fourth-order valence-electron chi connectivity index (χ4n) is 3.59. The molecule has 4 rings (SSSR count). The maximum atomic E-state index is 2.31. The van der Waals surface area contributed by atoms with Gasteiger partial charge in [-0.25, -0.2) is 0 Å². The third kappa shape index (κ3) is 2.02. The quantitative estimate of drug-likeness (QED) is 0.584. The first-order valence-electron chi connectivity index (χ1n) is 7.94. The van der Waals surface area contributed by atoms with E-state index in [1.54, 1.807) is 0 Å². The van der Waals surface area contributed by atoms with Gasteiger partial charge in [-0.3, -0.25) is 0 Å². The summed E-state index contributed by atoms with van der Waals surface area (Å²) >= 11 is 0. The van der Waals surface area contributed by atoms with Crippen LogP contribution < -0.4 is 9.80 Å². The topological polar surface area (TPSA) is 6.48 Å². The number of hydrogen-bond acceptors (Lipinski definition) is 2. The van der Waals surface area contributed by atoms with Gasteiger partial charge in [0.05, 0.1) is 22.7 Å².